The SMILES string of the molecule is CC(C)N(C)c1nc2nc(C(=O)O)[nH]c2nc1-c1cc2ccccc2o1. The fraction of sp³-hybridized carbons (Fsp3) is 0.222. The highest BCUT2D eigenvalue weighted by atomic mass is 16.4. The van der Waals surface area contributed by atoms with Crippen molar-refractivity contribution < 1.29 is 14.3 Å². The monoisotopic (exact) mass is 351 g/mol. The topological polar surface area (TPSA) is 108 Å². The third-order valence-electron chi connectivity index (χ3n) is 4.28. The molecule has 0 spiro atoms. The summed E-state index contributed by atoms with van der Waals surface area (Å²) < 4.78 is 5.95. The molecule has 0 aliphatic rings. The predicted octanol–water partition coefficient (Wildman–Crippen LogP) is 3.31. The summed E-state index contributed by atoms with van der Waals surface area (Å²) >= 11 is 0. The van der Waals surface area contributed by atoms with E-state index in [1.807, 2.05) is 56.1 Å². The van der Waals surface area contributed by atoms with Crippen LogP contribution in [0.1, 0.15) is 24.5 Å². The van der Waals surface area contributed by atoms with Gasteiger partial charge in [-0.25, -0.2) is 19.7 Å². The minimum absolute atomic E-state index is 0.155. The largest absolute Gasteiger partial charge is 0.475 e. The molecule has 26 heavy (non-hydrogen) atoms. The first-order valence-corrected chi connectivity index (χ1v) is 8.17. The average molecular weight is 351 g/mol. The van der Waals surface area contributed by atoms with Crippen molar-refractivity contribution in [2.45, 2.75) is 19.9 Å². The first-order valence-electron chi connectivity index (χ1n) is 8.17. The van der Waals surface area contributed by atoms with Gasteiger partial charge in [-0.05, 0) is 26.0 Å². The number of aromatic nitrogens is 4. The van der Waals surface area contributed by atoms with Crippen LogP contribution < -0.4 is 4.90 Å². The number of aromatic amines is 1. The third-order valence-corrected chi connectivity index (χ3v) is 4.28. The summed E-state index contributed by atoms with van der Waals surface area (Å²) in [6, 6.07) is 9.74. The Morgan fingerprint density at radius 2 is 2.00 bits per heavy atom. The molecule has 3 heterocycles. The molecule has 8 nitrogen and oxygen atoms in total. The van der Waals surface area contributed by atoms with Crippen molar-refractivity contribution in [1.82, 2.24) is 19.9 Å². The highest BCUT2D eigenvalue weighted by molar-refractivity contribution is 5.89. The van der Waals surface area contributed by atoms with Crippen LogP contribution in [0.2, 0.25) is 0 Å². The van der Waals surface area contributed by atoms with Crippen LogP contribution in [0.25, 0.3) is 33.7 Å². The number of nitrogens with one attached hydrogen (secondary N) is 1. The Hall–Kier alpha value is -3.42. The third kappa shape index (κ3) is 2.55. The van der Waals surface area contributed by atoms with Crippen molar-refractivity contribution >= 4 is 34.1 Å². The number of carboxylic acids is 1. The molecule has 0 bridgehead atoms. The van der Waals surface area contributed by atoms with E-state index in [9.17, 15) is 4.79 Å². The zero-order valence-corrected chi connectivity index (χ0v) is 14.5. The molecule has 0 radical (unpaired) electrons. The van der Waals surface area contributed by atoms with Crippen molar-refractivity contribution in [2.75, 3.05) is 11.9 Å². The Morgan fingerprint density at radius 3 is 2.69 bits per heavy atom. The van der Waals surface area contributed by atoms with E-state index in [4.69, 9.17) is 9.52 Å². The molecule has 0 saturated heterocycles. The maximum Gasteiger partial charge on any atom is 0.372 e. The maximum absolute atomic E-state index is 11.2. The van der Waals surface area contributed by atoms with Crippen LogP contribution in [-0.4, -0.2) is 44.1 Å². The quantitative estimate of drug-likeness (QED) is 0.580. The Morgan fingerprint density at radius 1 is 1.23 bits per heavy atom. The number of furan rings is 1. The van der Waals surface area contributed by atoms with E-state index >= 15 is 0 Å². The van der Waals surface area contributed by atoms with E-state index in [1.54, 1.807) is 0 Å². The number of fused-ring (bicyclic) bond motifs is 2. The molecule has 3 aromatic heterocycles. The number of H-pyrrole nitrogens is 1. The predicted molar refractivity (Wildman–Crippen MR) is 97.4 cm³/mol. The van der Waals surface area contributed by atoms with E-state index in [-0.39, 0.29) is 17.5 Å². The number of hydrogen-bond donors (Lipinski definition) is 2. The molecule has 8 heteroatoms. The molecule has 0 atom stereocenters. The summed E-state index contributed by atoms with van der Waals surface area (Å²) in [6.45, 7) is 4.06. The molecule has 0 unspecified atom stereocenters. The molecule has 4 rings (SSSR count). The van der Waals surface area contributed by atoms with Gasteiger partial charge >= 0.3 is 5.97 Å². The first-order chi connectivity index (χ1) is 12.4. The van der Waals surface area contributed by atoms with Crippen LogP contribution in [0.15, 0.2) is 34.7 Å². The number of benzene rings is 1. The molecule has 4 aromatic rings. The summed E-state index contributed by atoms with van der Waals surface area (Å²) in [5.41, 5.74) is 1.84. The van der Waals surface area contributed by atoms with Crippen molar-refractivity contribution in [3.63, 3.8) is 0 Å². The van der Waals surface area contributed by atoms with Crippen molar-refractivity contribution in [3.8, 4) is 11.5 Å². The number of aromatic carboxylic acids is 1. The molecule has 0 amide bonds. The first kappa shape index (κ1) is 16.1. The van der Waals surface area contributed by atoms with Gasteiger partial charge in [0.2, 0.25) is 5.82 Å². The van der Waals surface area contributed by atoms with Gasteiger partial charge in [-0.15, -0.1) is 0 Å². The fourth-order valence-corrected chi connectivity index (χ4v) is 2.68. The van der Waals surface area contributed by atoms with Crippen LogP contribution in [0.5, 0.6) is 0 Å². The number of imidazole rings is 1. The highest BCUT2D eigenvalue weighted by Crippen LogP contribution is 2.33. The van der Waals surface area contributed by atoms with Crippen LogP contribution in [-0.2, 0) is 0 Å². The van der Waals surface area contributed by atoms with Gasteiger partial charge in [-0.1, -0.05) is 18.2 Å². The number of rotatable bonds is 4. The molecule has 0 aliphatic carbocycles. The minimum Gasteiger partial charge on any atom is -0.475 e. The molecule has 0 aliphatic heterocycles. The van der Waals surface area contributed by atoms with Crippen LogP contribution >= 0.6 is 0 Å². The second kappa shape index (κ2) is 5.83. The van der Waals surface area contributed by atoms with Gasteiger partial charge in [-0.3, -0.25) is 0 Å². The molecule has 0 fully saturated rings. The normalized spacial score (nSPS) is 11.5. The van der Waals surface area contributed by atoms with E-state index in [0.717, 1.165) is 11.0 Å². The Bertz CT molecular complexity index is 1100. The number of carbonyl (C=O) groups is 1. The number of anilines is 1. The number of carboxylic acid groups (broad SMARTS) is 1. The lowest BCUT2D eigenvalue weighted by molar-refractivity contribution is 0.0685. The summed E-state index contributed by atoms with van der Waals surface area (Å²) in [5, 5.41) is 10.1. The number of hydrogen-bond acceptors (Lipinski definition) is 6. The van der Waals surface area contributed by atoms with Gasteiger partial charge in [-0.2, -0.15) is 0 Å². The Labute approximate surface area is 148 Å². The smallest absolute Gasteiger partial charge is 0.372 e. The number of para-hydroxylation sites is 1. The Kier molecular flexibility index (Phi) is 3.61. The lowest BCUT2D eigenvalue weighted by Crippen LogP contribution is -2.27. The zero-order valence-electron chi connectivity index (χ0n) is 14.5. The summed E-state index contributed by atoms with van der Waals surface area (Å²) in [5.74, 6) is -0.210. The van der Waals surface area contributed by atoms with E-state index in [0.29, 0.717) is 22.9 Å². The molecule has 1 aromatic carbocycles. The Balaban J connectivity index is 1.97. The standard InChI is InChI=1S/C18H17N5O3/c1-9(2)23(3)17-13(12-8-10-6-4-5-7-11(10)26-12)19-14-15(22-17)21-16(20-14)18(24)25/h4-9H,1-3H3,(H,24,25)(H,19,20,21,22). The van der Waals surface area contributed by atoms with E-state index in [2.05, 4.69) is 19.9 Å². The molecular weight excluding hydrogens is 334 g/mol. The molecule has 0 saturated carbocycles. The maximum atomic E-state index is 11.2. The van der Waals surface area contributed by atoms with Gasteiger partial charge in [0.15, 0.2) is 28.6 Å². The second-order valence-electron chi connectivity index (χ2n) is 6.31. The molecule has 132 valence electrons. The zero-order chi connectivity index (χ0) is 18.4. The highest BCUT2D eigenvalue weighted by Gasteiger charge is 2.22. The molecule has 2 N–H and O–H groups in total. The fourth-order valence-electron chi connectivity index (χ4n) is 2.68. The van der Waals surface area contributed by atoms with Crippen molar-refractivity contribution in [3.05, 3.63) is 36.2 Å². The van der Waals surface area contributed by atoms with Crippen LogP contribution in [0.3, 0.4) is 0 Å². The van der Waals surface area contributed by atoms with Gasteiger partial charge in [0.25, 0.3) is 0 Å². The van der Waals surface area contributed by atoms with Crippen LogP contribution in [0, 0.1) is 0 Å². The van der Waals surface area contributed by atoms with E-state index in [1.165, 1.54) is 0 Å². The minimum atomic E-state index is -1.16. The van der Waals surface area contributed by atoms with Crippen LogP contribution in [0.4, 0.5) is 5.82 Å². The summed E-state index contributed by atoms with van der Waals surface area (Å²) in [7, 11) is 1.90. The lowest BCUT2D eigenvalue weighted by Gasteiger charge is -2.23. The van der Waals surface area contributed by atoms with Gasteiger partial charge in [0.1, 0.15) is 5.58 Å². The van der Waals surface area contributed by atoms with Crippen molar-refractivity contribution in [2.24, 2.45) is 0 Å². The lowest BCUT2D eigenvalue weighted by atomic mass is 10.2. The van der Waals surface area contributed by atoms with E-state index < -0.39 is 5.97 Å². The summed E-state index contributed by atoms with van der Waals surface area (Å²) in [6.07, 6.45) is 0. The van der Waals surface area contributed by atoms with Gasteiger partial charge in [0, 0.05) is 18.5 Å². The van der Waals surface area contributed by atoms with Crippen molar-refractivity contribution in [1.29, 1.82) is 0 Å². The second-order valence-corrected chi connectivity index (χ2v) is 6.31. The van der Waals surface area contributed by atoms with Gasteiger partial charge in [0.05, 0.1) is 0 Å². The molecular formula is C18H17N5O3. The average Bonchev–Trinajstić information content (AvgIpc) is 3.23. The van der Waals surface area contributed by atoms with Gasteiger partial charge < -0.3 is 19.4 Å². The summed E-state index contributed by atoms with van der Waals surface area (Å²) in [4.78, 5) is 28.9. The number of nitrogens with zero attached hydrogens (tertiary/aromatic N) is 4.